The van der Waals surface area contributed by atoms with Crippen molar-refractivity contribution in [2.24, 2.45) is 5.92 Å². The van der Waals surface area contributed by atoms with E-state index in [1.165, 1.54) is 0 Å². The molecule has 1 aromatic rings. The summed E-state index contributed by atoms with van der Waals surface area (Å²) >= 11 is 0. The molecule has 0 aliphatic heterocycles. The van der Waals surface area contributed by atoms with Gasteiger partial charge < -0.3 is 15.4 Å². The van der Waals surface area contributed by atoms with E-state index in [0.29, 0.717) is 6.54 Å². The minimum atomic E-state index is -0.0542. The largest absolute Gasteiger partial charge is 0.497 e. The van der Waals surface area contributed by atoms with Gasteiger partial charge in [0.2, 0.25) is 5.91 Å². The highest BCUT2D eigenvalue weighted by Gasteiger charge is 2.12. The third-order valence-corrected chi connectivity index (χ3v) is 2.65. The van der Waals surface area contributed by atoms with E-state index in [1.54, 1.807) is 7.11 Å². The molecule has 1 atom stereocenters. The van der Waals surface area contributed by atoms with E-state index in [1.807, 2.05) is 39.1 Å². The van der Waals surface area contributed by atoms with E-state index in [9.17, 15) is 4.79 Å². The van der Waals surface area contributed by atoms with Crippen LogP contribution in [-0.4, -0.2) is 26.6 Å². The minimum Gasteiger partial charge on any atom is -0.497 e. The van der Waals surface area contributed by atoms with Gasteiger partial charge in [-0.2, -0.15) is 0 Å². The molecule has 1 unspecified atom stereocenters. The van der Waals surface area contributed by atoms with E-state index < -0.39 is 0 Å². The summed E-state index contributed by atoms with van der Waals surface area (Å²) in [5.41, 5.74) is 1.83. The molecule has 0 saturated heterocycles. The minimum absolute atomic E-state index is 0.0209. The number of anilines is 1. The fraction of sp³-hybridized carbons (Fsp3) is 0.462. The van der Waals surface area contributed by atoms with Crippen LogP contribution in [0.25, 0.3) is 0 Å². The number of benzene rings is 1. The summed E-state index contributed by atoms with van der Waals surface area (Å²) in [7, 11) is 3.46. The lowest BCUT2D eigenvalue weighted by atomic mass is 10.1. The predicted molar refractivity (Wildman–Crippen MR) is 69.5 cm³/mol. The molecule has 4 heteroatoms. The zero-order valence-electron chi connectivity index (χ0n) is 10.8. The lowest BCUT2D eigenvalue weighted by Crippen LogP contribution is -2.28. The molecule has 4 nitrogen and oxygen atoms in total. The summed E-state index contributed by atoms with van der Waals surface area (Å²) < 4.78 is 5.12. The van der Waals surface area contributed by atoms with Crippen molar-refractivity contribution >= 4 is 11.6 Å². The highest BCUT2D eigenvalue weighted by molar-refractivity contribution is 5.93. The first-order valence-electron chi connectivity index (χ1n) is 5.68. The molecule has 0 aromatic heterocycles. The van der Waals surface area contributed by atoms with Gasteiger partial charge in [0.25, 0.3) is 0 Å². The van der Waals surface area contributed by atoms with E-state index >= 15 is 0 Å². The Morgan fingerprint density at radius 3 is 2.71 bits per heavy atom. The fourth-order valence-corrected chi connectivity index (χ4v) is 1.56. The quantitative estimate of drug-likeness (QED) is 0.819. The Balaban J connectivity index is 2.71. The van der Waals surface area contributed by atoms with E-state index in [4.69, 9.17) is 4.74 Å². The van der Waals surface area contributed by atoms with Gasteiger partial charge >= 0.3 is 0 Å². The molecular weight excluding hydrogens is 216 g/mol. The number of methoxy groups -OCH3 is 1. The van der Waals surface area contributed by atoms with Crippen molar-refractivity contribution in [2.75, 3.05) is 26.0 Å². The van der Waals surface area contributed by atoms with Crippen LogP contribution >= 0.6 is 0 Å². The fourth-order valence-electron chi connectivity index (χ4n) is 1.56. The number of hydrogen-bond acceptors (Lipinski definition) is 3. The molecule has 17 heavy (non-hydrogen) atoms. The maximum atomic E-state index is 11.8. The average molecular weight is 236 g/mol. The molecular formula is C13H20N2O2. The number of carbonyl (C=O) groups is 1. The van der Waals surface area contributed by atoms with Gasteiger partial charge in [-0.05, 0) is 37.7 Å². The second kappa shape index (κ2) is 6.25. The van der Waals surface area contributed by atoms with E-state index in [2.05, 4.69) is 10.6 Å². The Labute approximate surface area is 102 Å². The summed E-state index contributed by atoms with van der Waals surface area (Å²) in [5, 5.41) is 5.90. The normalized spacial score (nSPS) is 12.0. The highest BCUT2D eigenvalue weighted by Crippen LogP contribution is 2.21. The lowest BCUT2D eigenvalue weighted by molar-refractivity contribution is -0.119. The first-order chi connectivity index (χ1) is 8.08. The van der Waals surface area contributed by atoms with Gasteiger partial charge in [0.05, 0.1) is 7.11 Å². The molecule has 0 spiro atoms. The monoisotopic (exact) mass is 236 g/mol. The Morgan fingerprint density at radius 2 is 2.18 bits per heavy atom. The molecule has 0 heterocycles. The van der Waals surface area contributed by atoms with Gasteiger partial charge in [-0.15, -0.1) is 0 Å². The number of amides is 1. The zero-order valence-corrected chi connectivity index (χ0v) is 10.8. The average Bonchev–Trinajstić information content (AvgIpc) is 2.31. The van der Waals surface area contributed by atoms with Crippen molar-refractivity contribution in [1.82, 2.24) is 5.32 Å². The summed E-state index contributed by atoms with van der Waals surface area (Å²) in [5.74, 6) is 0.762. The van der Waals surface area contributed by atoms with E-state index in [-0.39, 0.29) is 11.8 Å². The van der Waals surface area contributed by atoms with Crippen molar-refractivity contribution < 1.29 is 9.53 Å². The standard InChI is InChI=1S/C13H20N2O2/c1-9-7-11(17-4)5-6-12(9)15-13(16)10(2)8-14-3/h5-7,10,14H,8H2,1-4H3,(H,15,16). The molecule has 0 aliphatic rings. The topological polar surface area (TPSA) is 50.4 Å². The Morgan fingerprint density at radius 1 is 1.47 bits per heavy atom. The Bertz CT molecular complexity index is 391. The van der Waals surface area contributed by atoms with Crippen LogP contribution in [0.15, 0.2) is 18.2 Å². The van der Waals surface area contributed by atoms with Crippen molar-refractivity contribution in [3.8, 4) is 5.75 Å². The molecule has 0 aliphatic carbocycles. The van der Waals surface area contributed by atoms with Gasteiger partial charge in [-0.1, -0.05) is 6.92 Å². The summed E-state index contributed by atoms with van der Waals surface area (Å²) in [4.78, 5) is 11.8. The first-order valence-corrected chi connectivity index (χ1v) is 5.68. The number of nitrogens with one attached hydrogen (secondary N) is 2. The Kier molecular flexibility index (Phi) is 4.97. The third-order valence-electron chi connectivity index (χ3n) is 2.65. The van der Waals surface area contributed by atoms with Crippen LogP contribution in [0.3, 0.4) is 0 Å². The van der Waals surface area contributed by atoms with E-state index in [0.717, 1.165) is 17.0 Å². The lowest BCUT2D eigenvalue weighted by Gasteiger charge is -2.13. The number of rotatable bonds is 5. The molecule has 0 fully saturated rings. The third kappa shape index (κ3) is 3.75. The van der Waals surface area contributed by atoms with Gasteiger partial charge in [-0.25, -0.2) is 0 Å². The van der Waals surface area contributed by atoms with Gasteiger partial charge in [0, 0.05) is 18.2 Å². The zero-order chi connectivity index (χ0) is 12.8. The van der Waals surface area contributed by atoms with Crippen LogP contribution in [0.1, 0.15) is 12.5 Å². The van der Waals surface area contributed by atoms with Crippen LogP contribution in [0.4, 0.5) is 5.69 Å². The molecule has 1 amide bonds. The number of ether oxygens (including phenoxy) is 1. The maximum absolute atomic E-state index is 11.8. The van der Waals surface area contributed by atoms with Gasteiger partial charge in [0.1, 0.15) is 5.75 Å². The second-order valence-corrected chi connectivity index (χ2v) is 4.13. The molecule has 0 saturated carbocycles. The van der Waals surface area contributed by atoms with Gasteiger partial charge in [0.15, 0.2) is 0 Å². The second-order valence-electron chi connectivity index (χ2n) is 4.13. The maximum Gasteiger partial charge on any atom is 0.228 e. The molecule has 1 rings (SSSR count). The summed E-state index contributed by atoms with van der Waals surface area (Å²) in [6.07, 6.45) is 0. The summed E-state index contributed by atoms with van der Waals surface area (Å²) in [6, 6.07) is 5.60. The van der Waals surface area contributed by atoms with Crippen LogP contribution in [0, 0.1) is 12.8 Å². The van der Waals surface area contributed by atoms with Gasteiger partial charge in [-0.3, -0.25) is 4.79 Å². The number of aryl methyl sites for hydroxylation is 1. The predicted octanol–water partition coefficient (Wildman–Crippen LogP) is 1.80. The van der Waals surface area contributed by atoms with Crippen LogP contribution < -0.4 is 15.4 Å². The number of hydrogen-bond donors (Lipinski definition) is 2. The number of carbonyl (C=O) groups excluding carboxylic acids is 1. The summed E-state index contributed by atoms with van der Waals surface area (Å²) in [6.45, 7) is 4.51. The molecule has 0 bridgehead atoms. The molecule has 0 radical (unpaired) electrons. The highest BCUT2D eigenvalue weighted by atomic mass is 16.5. The SMILES string of the molecule is CNCC(C)C(=O)Nc1ccc(OC)cc1C. The molecule has 2 N–H and O–H groups in total. The van der Waals surface area contributed by atoms with Crippen LogP contribution in [0.2, 0.25) is 0 Å². The first kappa shape index (κ1) is 13.5. The molecule has 1 aromatic carbocycles. The van der Waals surface area contributed by atoms with Crippen LogP contribution in [-0.2, 0) is 4.79 Å². The van der Waals surface area contributed by atoms with Crippen molar-refractivity contribution in [1.29, 1.82) is 0 Å². The van der Waals surface area contributed by atoms with Crippen molar-refractivity contribution in [3.63, 3.8) is 0 Å². The van der Waals surface area contributed by atoms with Crippen molar-refractivity contribution in [3.05, 3.63) is 23.8 Å². The Hall–Kier alpha value is -1.55. The van der Waals surface area contributed by atoms with Crippen molar-refractivity contribution in [2.45, 2.75) is 13.8 Å². The van der Waals surface area contributed by atoms with Crippen LogP contribution in [0.5, 0.6) is 5.75 Å². The smallest absolute Gasteiger partial charge is 0.228 e. The molecule has 94 valence electrons.